The molecule has 2 amide bonds. The predicted octanol–water partition coefficient (Wildman–Crippen LogP) is 3.75. The van der Waals surface area contributed by atoms with Crippen LogP contribution in [0.3, 0.4) is 0 Å². The molecule has 1 fully saturated rings. The number of primary amides is 1. The third-order valence-electron chi connectivity index (χ3n) is 5.53. The molecule has 1 aliphatic heterocycles. The van der Waals surface area contributed by atoms with E-state index in [4.69, 9.17) is 10.5 Å². The average Bonchev–Trinajstić information content (AvgIpc) is 3.50. The van der Waals surface area contributed by atoms with E-state index in [1.807, 2.05) is 24.3 Å². The van der Waals surface area contributed by atoms with Crippen molar-refractivity contribution in [1.29, 1.82) is 0 Å². The van der Waals surface area contributed by atoms with E-state index in [0.717, 1.165) is 41.6 Å². The smallest absolute Gasteiger partial charge is 0.270 e. The number of hydrogen-bond acceptors (Lipinski definition) is 8. The van der Waals surface area contributed by atoms with Crippen LogP contribution in [0.25, 0.3) is 0 Å². The third-order valence-corrected chi connectivity index (χ3v) is 6.42. The van der Waals surface area contributed by atoms with Gasteiger partial charge in [0.15, 0.2) is 10.8 Å². The van der Waals surface area contributed by atoms with Gasteiger partial charge in [-0.3, -0.25) is 9.59 Å². The number of benzene rings is 2. The molecule has 2 heterocycles. The van der Waals surface area contributed by atoms with Crippen molar-refractivity contribution in [2.45, 2.75) is 12.8 Å². The van der Waals surface area contributed by atoms with Gasteiger partial charge in [-0.05, 0) is 74.5 Å². The minimum absolute atomic E-state index is 0.00885. The van der Waals surface area contributed by atoms with Gasteiger partial charge in [0.05, 0.1) is 7.11 Å². The fourth-order valence-corrected chi connectivity index (χ4v) is 4.59. The summed E-state index contributed by atoms with van der Waals surface area (Å²) in [6, 6.07) is 14.5. The average molecular weight is 481 g/mol. The van der Waals surface area contributed by atoms with Crippen molar-refractivity contribution < 1.29 is 14.3 Å². The van der Waals surface area contributed by atoms with Gasteiger partial charge in [0.2, 0.25) is 0 Å². The first-order valence-electron chi connectivity index (χ1n) is 11.1. The molecule has 0 bridgehead atoms. The largest absolute Gasteiger partial charge is 0.497 e. The monoisotopic (exact) mass is 480 g/mol. The number of ether oxygens (including phenoxy) is 1. The molecule has 2 aromatic carbocycles. The van der Waals surface area contributed by atoms with Gasteiger partial charge in [0.1, 0.15) is 10.8 Å². The van der Waals surface area contributed by atoms with Gasteiger partial charge in [0.25, 0.3) is 11.8 Å². The van der Waals surface area contributed by atoms with Crippen molar-refractivity contribution in [2.75, 3.05) is 49.2 Å². The van der Waals surface area contributed by atoms with Gasteiger partial charge in [0, 0.05) is 30.0 Å². The molecular formula is C24H28N6O3S. The van der Waals surface area contributed by atoms with Crippen LogP contribution < -0.4 is 26.4 Å². The van der Waals surface area contributed by atoms with Crippen molar-refractivity contribution in [3.05, 3.63) is 59.8 Å². The van der Waals surface area contributed by atoms with E-state index in [9.17, 15) is 9.59 Å². The fraction of sp³-hybridized carbons (Fsp3) is 0.292. The van der Waals surface area contributed by atoms with Crippen LogP contribution in [0.2, 0.25) is 0 Å². The van der Waals surface area contributed by atoms with Crippen LogP contribution in [-0.4, -0.2) is 55.0 Å². The van der Waals surface area contributed by atoms with Gasteiger partial charge >= 0.3 is 0 Å². The van der Waals surface area contributed by atoms with E-state index >= 15 is 0 Å². The maximum atomic E-state index is 12.8. The lowest BCUT2D eigenvalue weighted by molar-refractivity contribution is 0.0997. The van der Waals surface area contributed by atoms with Crippen LogP contribution in [-0.2, 0) is 0 Å². The summed E-state index contributed by atoms with van der Waals surface area (Å²) in [4.78, 5) is 31.4. The Balaban J connectivity index is 1.37. The molecule has 10 heteroatoms. The second kappa shape index (κ2) is 11.0. The maximum Gasteiger partial charge on any atom is 0.270 e. The van der Waals surface area contributed by atoms with Crippen LogP contribution in [0, 0.1) is 0 Å². The SMILES string of the molecule is COc1ccc(Nc2nc(C(N)=O)c(NC(=O)c3ccc(NCCN4CCCC4)cc3)s2)cc1. The van der Waals surface area contributed by atoms with E-state index in [-0.39, 0.29) is 11.6 Å². The highest BCUT2D eigenvalue weighted by Gasteiger charge is 2.19. The number of nitrogens with zero attached hydrogens (tertiary/aromatic N) is 2. The molecule has 0 radical (unpaired) electrons. The number of aromatic nitrogens is 1. The van der Waals surface area contributed by atoms with Crippen molar-refractivity contribution in [3.8, 4) is 5.75 Å². The summed E-state index contributed by atoms with van der Waals surface area (Å²) < 4.78 is 5.15. The standard InChI is InChI=1S/C24H28N6O3S/c1-33-19-10-8-18(9-11-19)27-24-28-20(21(25)31)23(34-24)29-22(32)16-4-6-17(7-5-16)26-12-15-30-13-2-3-14-30/h4-11,26H,2-3,12-15H2,1H3,(H2,25,31)(H,27,28)(H,29,32). The highest BCUT2D eigenvalue weighted by atomic mass is 32.1. The molecule has 9 nitrogen and oxygen atoms in total. The van der Waals surface area contributed by atoms with Crippen molar-refractivity contribution in [1.82, 2.24) is 9.88 Å². The summed E-state index contributed by atoms with van der Waals surface area (Å²) in [5.41, 5.74) is 7.68. The number of anilines is 4. The molecule has 1 aromatic heterocycles. The van der Waals surface area contributed by atoms with Crippen LogP contribution >= 0.6 is 11.3 Å². The van der Waals surface area contributed by atoms with E-state index in [0.29, 0.717) is 15.7 Å². The van der Waals surface area contributed by atoms with Crippen molar-refractivity contribution in [2.24, 2.45) is 5.73 Å². The lowest BCUT2D eigenvalue weighted by Crippen LogP contribution is -2.25. The summed E-state index contributed by atoms with van der Waals surface area (Å²) >= 11 is 1.14. The number of carbonyl (C=O) groups is 2. The molecule has 0 atom stereocenters. The molecular weight excluding hydrogens is 452 g/mol. The fourth-order valence-electron chi connectivity index (χ4n) is 3.70. The van der Waals surface area contributed by atoms with Gasteiger partial charge in [-0.1, -0.05) is 11.3 Å². The number of nitrogens with one attached hydrogen (secondary N) is 3. The molecule has 1 saturated heterocycles. The number of likely N-dealkylation sites (tertiary alicyclic amines) is 1. The third kappa shape index (κ3) is 6.03. The van der Waals surface area contributed by atoms with Crippen LogP contribution in [0.5, 0.6) is 5.75 Å². The quantitative estimate of drug-likeness (QED) is 0.349. The van der Waals surface area contributed by atoms with Crippen molar-refractivity contribution >= 4 is 44.7 Å². The summed E-state index contributed by atoms with van der Waals surface area (Å²) in [5.74, 6) is -0.332. The van der Waals surface area contributed by atoms with Crippen LogP contribution in [0.15, 0.2) is 48.5 Å². The number of methoxy groups -OCH3 is 1. The summed E-state index contributed by atoms with van der Waals surface area (Å²) in [6.07, 6.45) is 2.56. The van der Waals surface area contributed by atoms with Gasteiger partial charge < -0.3 is 31.3 Å². The summed E-state index contributed by atoms with van der Waals surface area (Å²) in [7, 11) is 1.59. The maximum absolute atomic E-state index is 12.8. The Bertz CT molecular complexity index is 1120. The molecule has 0 aliphatic carbocycles. The first-order valence-corrected chi connectivity index (χ1v) is 11.9. The highest BCUT2D eigenvalue weighted by molar-refractivity contribution is 7.20. The zero-order valence-corrected chi connectivity index (χ0v) is 19.8. The molecule has 34 heavy (non-hydrogen) atoms. The minimum Gasteiger partial charge on any atom is -0.497 e. The Morgan fingerprint density at radius 3 is 2.38 bits per heavy atom. The lowest BCUT2D eigenvalue weighted by Gasteiger charge is -2.15. The molecule has 3 aromatic rings. The second-order valence-electron chi connectivity index (χ2n) is 7.92. The Morgan fingerprint density at radius 1 is 1.06 bits per heavy atom. The van der Waals surface area contributed by atoms with Gasteiger partial charge in [-0.15, -0.1) is 0 Å². The number of hydrogen-bond donors (Lipinski definition) is 4. The molecule has 1 aliphatic rings. The molecule has 0 spiro atoms. The van der Waals surface area contributed by atoms with E-state index < -0.39 is 5.91 Å². The zero-order chi connectivity index (χ0) is 23.9. The molecule has 178 valence electrons. The predicted molar refractivity (Wildman–Crippen MR) is 135 cm³/mol. The zero-order valence-electron chi connectivity index (χ0n) is 19.0. The number of nitrogens with two attached hydrogens (primary N) is 1. The van der Waals surface area contributed by atoms with Gasteiger partial charge in [-0.25, -0.2) is 4.98 Å². The van der Waals surface area contributed by atoms with E-state index in [2.05, 4.69) is 25.8 Å². The minimum atomic E-state index is -0.716. The number of thiazole rings is 1. The highest BCUT2D eigenvalue weighted by Crippen LogP contribution is 2.31. The van der Waals surface area contributed by atoms with E-state index in [1.165, 1.54) is 25.9 Å². The first-order chi connectivity index (χ1) is 16.5. The second-order valence-corrected chi connectivity index (χ2v) is 8.92. The molecule has 4 rings (SSSR count). The Labute approximate surface area is 202 Å². The number of rotatable bonds is 10. The van der Waals surface area contributed by atoms with Gasteiger partial charge in [-0.2, -0.15) is 0 Å². The van der Waals surface area contributed by atoms with Crippen LogP contribution in [0.4, 0.5) is 21.5 Å². The Morgan fingerprint density at radius 2 is 1.74 bits per heavy atom. The molecule has 5 N–H and O–H groups in total. The molecule has 0 saturated carbocycles. The Kier molecular flexibility index (Phi) is 7.61. The normalized spacial score (nSPS) is 13.4. The summed E-state index contributed by atoms with van der Waals surface area (Å²) in [6.45, 7) is 4.21. The number of amides is 2. The lowest BCUT2D eigenvalue weighted by atomic mass is 10.2. The topological polar surface area (TPSA) is 122 Å². The summed E-state index contributed by atoms with van der Waals surface area (Å²) in [5, 5.41) is 9.99. The molecule has 0 unspecified atom stereocenters. The van der Waals surface area contributed by atoms with Crippen molar-refractivity contribution in [3.63, 3.8) is 0 Å². The van der Waals surface area contributed by atoms with E-state index in [1.54, 1.807) is 31.4 Å². The van der Waals surface area contributed by atoms with Crippen LogP contribution in [0.1, 0.15) is 33.7 Å². The first kappa shape index (κ1) is 23.5. The number of carbonyl (C=O) groups excluding carboxylic acids is 2. The Hall–Kier alpha value is -3.63.